The van der Waals surface area contributed by atoms with Gasteiger partial charge in [0.2, 0.25) is 5.88 Å². The highest BCUT2D eigenvalue weighted by Gasteiger charge is 2.11. The molecule has 0 radical (unpaired) electrons. The van der Waals surface area contributed by atoms with Crippen LogP contribution in [0.4, 0.5) is 5.69 Å². The first-order valence-electron chi connectivity index (χ1n) is 6.83. The fourth-order valence-corrected chi connectivity index (χ4v) is 2.50. The van der Waals surface area contributed by atoms with Gasteiger partial charge in [-0.2, -0.15) is 4.98 Å². The molecule has 0 atom stereocenters. The number of hydrogen-bond acceptors (Lipinski definition) is 6. The van der Waals surface area contributed by atoms with Crippen LogP contribution in [0, 0.1) is 0 Å². The molecule has 2 aromatic rings. The summed E-state index contributed by atoms with van der Waals surface area (Å²) in [7, 11) is 0. The summed E-state index contributed by atoms with van der Waals surface area (Å²) < 4.78 is 11.1. The lowest BCUT2D eigenvalue weighted by molar-refractivity contribution is 0.122. The minimum atomic E-state index is 0.563. The summed E-state index contributed by atoms with van der Waals surface area (Å²) in [6.45, 7) is 3.44. The quantitative estimate of drug-likeness (QED) is 0.639. The van der Waals surface area contributed by atoms with Crippen molar-refractivity contribution in [1.29, 1.82) is 0 Å². The van der Waals surface area contributed by atoms with Gasteiger partial charge in [0.15, 0.2) is 5.16 Å². The van der Waals surface area contributed by atoms with Gasteiger partial charge in [0.1, 0.15) is 5.75 Å². The van der Waals surface area contributed by atoms with E-state index in [1.54, 1.807) is 12.3 Å². The molecule has 1 fully saturated rings. The maximum Gasteiger partial charge on any atom is 0.223 e. The Morgan fingerprint density at radius 3 is 2.62 bits per heavy atom. The van der Waals surface area contributed by atoms with Crippen LogP contribution in [0.3, 0.4) is 0 Å². The summed E-state index contributed by atoms with van der Waals surface area (Å²) in [5.74, 6) is 1.34. The van der Waals surface area contributed by atoms with Crippen molar-refractivity contribution in [2.45, 2.75) is 5.16 Å². The number of morpholine rings is 1. The highest BCUT2D eigenvalue weighted by atomic mass is 32.2. The maximum atomic E-state index is 5.76. The molecule has 3 rings (SSSR count). The number of hydrogen-bond donors (Lipinski definition) is 0. The summed E-state index contributed by atoms with van der Waals surface area (Å²) in [5, 5.41) is 0.706. The molecule has 2 heterocycles. The fourth-order valence-electron chi connectivity index (χ4n) is 2.15. The van der Waals surface area contributed by atoms with Gasteiger partial charge in [-0.05, 0) is 30.5 Å². The van der Waals surface area contributed by atoms with Crippen LogP contribution in [0.1, 0.15) is 0 Å². The third kappa shape index (κ3) is 3.65. The van der Waals surface area contributed by atoms with Gasteiger partial charge >= 0.3 is 0 Å². The second-order valence-corrected chi connectivity index (χ2v) is 5.35. The van der Waals surface area contributed by atoms with E-state index in [4.69, 9.17) is 9.47 Å². The van der Waals surface area contributed by atoms with Crippen molar-refractivity contribution < 1.29 is 9.47 Å². The predicted molar refractivity (Wildman–Crippen MR) is 83.4 cm³/mol. The minimum absolute atomic E-state index is 0.563. The number of rotatable bonds is 4. The van der Waals surface area contributed by atoms with Crippen LogP contribution in [-0.2, 0) is 4.74 Å². The summed E-state index contributed by atoms with van der Waals surface area (Å²) in [6.07, 6.45) is 3.65. The molecule has 6 heteroatoms. The molecule has 0 amide bonds. The number of nitrogens with zero attached hydrogens (tertiary/aromatic N) is 3. The standard InChI is InChI=1S/C15H17N3O2S/c1-21-15-16-7-6-14(17-15)20-13-4-2-12(3-5-13)18-8-10-19-11-9-18/h2-7H,8-11H2,1H3. The largest absolute Gasteiger partial charge is 0.439 e. The average molecular weight is 303 g/mol. The molecule has 1 saturated heterocycles. The Kier molecular flexibility index (Phi) is 4.57. The van der Waals surface area contributed by atoms with Crippen LogP contribution < -0.4 is 9.64 Å². The van der Waals surface area contributed by atoms with Crippen molar-refractivity contribution in [2.24, 2.45) is 0 Å². The third-order valence-corrected chi connectivity index (χ3v) is 3.79. The van der Waals surface area contributed by atoms with Crippen LogP contribution in [0.2, 0.25) is 0 Å². The van der Waals surface area contributed by atoms with Crippen LogP contribution in [0.25, 0.3) is 0 Å². The van der Waals surface area contributed by atoms with E-state index in [1.807, 2.05) is 18.4 Å². The molecule has 21 heavy (non-hydrogen) atoms. The molecule has 0 saturated carbocycles. The molecule has 0 spiro atoms. The number of thioether (sulfide) groups is 1. The Balaban J connectivity index is 1.68. The fraction of sp³-hybridized carbons (Fsp3) is 0.333. The Morgan fingerprint density at radius 2 is 1.90 bits per heavy atom. The van der Waals surface area contributed by atoms with Crippen LogP contribution in [-0.4, -0.2) is 42.5 Å². The van der Waals surface area contributed by atoms with Gasteiger partial charge in [0.05, 0.1) is 13.2 Å². The van der Waals surface area contributed by atoms with Crippen molar-refractivity contribution in [2.75, 3.05) is 37.5 Å². The lowest BCUT2D eigenvalue weighted by Gasteiger charge is -2.28. The van der Waals surface area contributed by atoms with Gasteiger partial charge in [0, 0.05) is 31.0 Å². The summed E-state index contributed by atoms with van der Waals surface area (Å²) >= 11 is 1.49. The summed E-state index contributed by atoms with van der Waals surface area (Å²) in [5.41, 5.74) is 1.19. The zero-order valence-electron chi connectivity index (χ0n) is 11.9. The van der Waals surface area contributed by atoms with E-state index in [2.05, 4.69) is 27.0 Å². The van der Waals surface area contributed by atoms with Gasteiger partial charge < -0.3 is 14.4 Å². The number of ether oxygens (including phenoxy) is 2. The van der Waals surface area contributed by atoms with E-state index < -0.39 is 0 Å². The average Bonchev–Trinajstić information content (AvgIpc) is 2.56. The van der Waals surface area contributed by atoms with Crippen molar-refractivity contribution >= 4 is 17.4 Å². The highest BCUT2D eigenvalue weighted by molar-refractivity contribution is 7.98. The molecule has 1 aliphatic rings. The maximum absolute atomic E-state index is 5.76. The number of anilines is 1. The van der Waals surface area contributed by atoms with E-state index in [0.29, 0.717) is 11.0 Å². The van der Waals surface area contributed by atoms with E-state index in [-0.39, 0.29) is 0 Å². The lowest BCUT2D eigenvalue weighted by Crippen LogP contribution is -2.36. The summed E-state index contributed by atoms with van der Waals surface area (Å²) in [4.78, 5) is 10.7. The second-order valence-electron chi connectivity index (χ2n) is 4.58. The normalized spacial score (nSPS) is 15.0. The molecule has 1 aromatic carbocycles. The third-order valence-electron chi connectivity index (χ3n) is 3.23. The van der Waals surface area contributed by atoms with Gasteiger partial charge in [0.25, 0.3) is 0 Å². The van der Waals surface area contributed by atoms with E-state index >= 15 is 0 Å². The van der Waals surface area contributed by atoms with Gasteiger partial charge in [-0.15, -0.1) is 0 Å². The first kappa shape index (κ1) is 14.2. The van der Waals surface area contributed by atoms with E-state index in [0.717, 1.165) is 32.1 Å². The zero-order valence-corrected chi connectivity index (χ0v) is 12.7. The Bertz CT molecular complexity index is 586. The van der Waals surface area contributed by atoms with Crippen molar-refractivity contribution in [3.63, 3.8) is 0 Å². The van der Waals surface area contributed by atoms with E-state index in [9.17, 15) is 0 Å². The molecule has 0 N–H and O–H groups in total. The molecular formula is C15H17N3O2S. The Morgan fingerprint density at radius 1 is 1.14 bits per heavy atom. The van der Waals surface area contributed by atoms with E-state index in [1.165, 1.54) is 17.4 Å². The van der Waals surface area contributed by atoms with Crippen molar-refractivity contribution in [3.05, 3.63) is 36.5 Å². The minimum Gasteiger partial charge on any atom is -0.439 e. The van der Waals surface area contributed by atoms with Gasteiger partial charge in [-0.3, -0.25) is 0 Å². The monoisotopic (exact) mass is 303 g/mol. The highest BCUT2D eigenvalue weighted by Crippen LogP contribution is 2.24. The zero-order chi connectivity index (χ0) is 14.5. The Labute approximate surface area is 128 Å². The molecule has 110 valence electrons. The molecule has 0 bridgehead atoms. The molecule has 5 nitrogen and oxygen atoms in total. The second kappa shape index (κ2) is 6.78. The van der Waals surface area contributed by atoms with Crippen molar-refractivity contribution in [3.8, 4) is 11.6 Å². The summed E-state index contributed by atoms with van der Waals surface area (Å²) in [6, 6.07) is 9.82. The lowest BCUT2D eigenvalue weighted by atomic mass is 10.2. The molecule has 1 aromatic heterocycles. The molecular weight excluding hydrogens is 286 g/mol. The number of benzene rings is 1. The van der Waals surface area contributed by atoms with Gasteiger partial charge in [-0.1, -0.05) is 11.8 Å². The van der Waals surface area contributed by atoms with Crippen LogP contribution >= 0.6 is 11.8 Å². The molecule has 1 aliphatic heterocycles. The molecule has 0 aliphatic carbocycles. The first-order valence-corrected chi connectivity index (χ1v) is 8.05. The van der Waals surface area contributed by atoms with Crippen LogP contribution in [0.15, 0.2) is 41.7 Å². The van der Waals surface area contributed by atoms with Crippen molar-refractivity contribution in [1.82, 2.24) is 9.97 Å². The van der Waals surface area contributed by atoms with Crippen LogP contribution in [0.5, 0.6) is 11.6 Å². The number of aromatic nitrogens is 2. The Hall–Kier alpha value is -1.79. The topological polar surface area (TPSA) is 47.5 Å². The smallest absolute Gasteiger partial charge is 0.223 e. The SMILES string of the molecule is CSc1nccc(Oc2ccc(N3CCOCC3)cc2)n1. The predicted octanol–water partition coefficient (Wildman–Crippen LogP) is 2.83. The first-order chi connectivity index (χ1) is 10.3. The molecule has 0 unspecified atom stereocenters. The van der Waals surface area contributed by atoms with Gasteiger partial charge in [-0.25, -0.2) is 4.98 Å².